The van der Waals surface area contributed by atoms with Gasteiger partial charge >= 0.3 is 0 Å². The van der Waals surface area contributed by atoms with Gasteiger partial charge in [-0.3, -0.25) is 9.59 Å². The molecule has 5 nitrogen and oxygen atoms in total. The van der Waals surface area contributed by atoms with Gasteiger partial charge in [0.2, 0.25) is 5.91 Å². The van der Waals surface area contributed by atoms with Gasteiger partial charge in [0.1, 0.15) is 11.8 Å². The Morgan fingerprint density at radius 2 is 1.46 bits per heavy atom. The number of hydrogen-bond donors (Lipinski definition) is 1. The Hall–Kier alpha value is -3.60. The molecule has 1 N–H and O–H groups in total. The SMILES string of the molecule is CC[C@@H](C)NC(=O)[C@@H](Cc1ccccc1)N(Cc1ccccc1)C(=O)COc1cc(C)cc(C)c1. The zero-order chi connectivity index (χ0) is 25.2. The molecule has 0 saturated heterocycles. The summed E-state index contributed by atoms with van der Waals surface area (Å²) in [6, 6.07) is 24.8. The van der Waals surface area contributed by atoms with E-state index in [2.05, 4.69) is 11.4 Å². The van der Waals surface area contributed by atoms with Crippen LogP contribution in [0, 0.1) is 13.8 Å². The first-order valence-corrected chi connectivity index (χ1v) is 12.2. The molecule has 0 saturated carbocycles. The van der Waals surface area contributed by atoms with Crippen LogP contribution in [0.4, 0.5) is 0 Å². The molecule has 0 aliphatic carbocycles. The van der Waals surface area contributed by atoms with Crippen molar-refractivity contribution in [2.45, 2.75) is 59.2 Å². The van der Waals surface area contributed by atoms with Crippen molar-refractivity contribution in [3.05, 3.63) is 101 Å². The summed E-state index contributed by atoms with van der Waals surface area (Å²) in [4.78, 5) is 28.7. The highest BCUT2D eigenvalue weighted by molar-refractivity contribution is 5.88. The Kier molecular flexibility index (Phi) is 9.47. The van der Waals surface area contributed by atoms with Gasteiger partial charge in [0, 0.05) is 19.0 Å². The molecule has 184 valence electrons. The molecular weight excluding hydrogens is 436 g/mol. The third-order valence-electron chi connectivity index (χ3n) is 6.03. The molecule has 35 heavy (non-hydrogen) atoms. The molecule has 2 atom stereocenters. The zero-order valence-electron chi connectivity index (χ0n) is 21.2. The average Bonchev–Trinajstić information content (AvgIpc) is 2.85. The van der Waals surface area contributed by atoms with Crippen LogP contribution in [0.5, 0.6) is 5.75 Å². The molecule has 0 aliphatic heterocycles. The molecule has 0 heterocycles. The lowest BCUT2D eigenvalue weighted by atomic mass is 10.0. The van der Waals surface area contributed by atoms with Gasteiger partial charge in [0.15, 0.2) is 6.61 Å². The second kappa shape index (κ2) is 12.7. The number of amides is 2. The molecule has 2 amide bonds. The van der Waals surface area contributed by atoms with E-state index in [4.69, 9.17) is 4.74 Å². The van der Waals surface area contributed by atoms with Crippen LogP contribution in [-0.4, -0.2) is 35.4 Å². The number of ether oxygens (including phenoxy) is 1. The van der Waals surface area contributed by atoms with Crippen LogP contribution in [-0.2, 0) is 22.6 Å². The Morgan fingerprint density at radius 3 is 2.03 bits per heavy atom. The van der Waals surface area contributed by atoms with Crippen molar-refractivity contribution in [2.24, 2.45) is 0 Å². The van der Waals surface area contributed by atoms with Gasteiger partial charge in [0.25, 0.3) is 5.91 Å². The minimum Gasteiger partial charge on any atom is -0.484 e. The van der Waals surface area contributed by atoms with Crippen LogP contribution >= 0.6 is 0 Å². The average molecular weight is 473 g/mol. The van der Waals surface area contributed by atoms with E-state index in [1.54, 1.807) is 4.90 Å². The minimum atomic E-state index is -0.665. The molecule has 0 aliphatic rings. The molecule has 0 bridgehead atoms. The van der Waals surface area contributed by atoms with E-state index >= 15 is 0 Å². The number of carbonyl (C=O) groups excluding carboxylic acids is 2. The maximum absolute atomic E-state index is 13.6. The molecule has 0 fully saturated rings. The number of hydrogen-bond acceptors (Lipinski definition) is 3. The molecule has 3 aromatic rings. The molecule has 3 aromatic carbocycles. The molecule has 0 aromatic heterocycles. The third kappa shape index (κ3) is 7.99. The Labute approximate surface area is 209 Å². The Balaban J connectivity index is 1.90. The van der Waals surface area contributed by atoms with Crippen molar-refractivity contribution in [3.63, 3.8) is 0 Å². The number of nitrogens with one attached hydrogen (secondary N) is 1. The zero-order valence-corrected chi connectivity index (χ0v) is 21.2. The van der Waals surface area contributed by atoms with Crippen molar-refractivity contribution in [1.82, 2.24) is 10.2 Å². The fraction of sp³-hybridized carbons (Fsp3) is 0.333. The van der Waals surface area contributed by atoms with Crippen molar-refractivity contribution in [1.29, 1.82) is 0 Å². The summed E-state index contributed by atoms with van der Waals surface area (Å²) in [6.07, 6.45) is 1.23. The third-order valence-corrected chi connectivity index (χ3v) is 6.03. The van der Waals surface area contributed by atoms with Crippen LogP contribution in [0.15, 0.2) is 78.9 Å². The van der Waals surface area contributed by atoms with Gasteiger partial charge in [-0.05, 0) is 61.6 Å². The number of rotatable bonds is 11. The van der Waals surface area contributed by atoms with Gasteiger partial charge in [-0.15, -0.1) is 0 Å². The molecule has 0 unspecified atom stereocenters. The summed E-state index contributed by atoms with van der Waals surface area (Å²) in [5.41, 5.74) is 4.10. The topological polar surface area (TPSA) is 58.6 Å². The summed E-state index contributed by atoms with van der Waals surface area (Å²) in [5, 5.41) is 3.09. The molecule has 0 radical (unpaired) electrons. The molecular formula is C30H36N2O3. The number of nitrogens with zero attached hydrogens (tertiary/aromatic N) is 1. The summed E-state index contributed by atoms with van der Waals surface area (Å²) < 4.78 is 5.91. The highest BCUT2D eigenvalue weighted by Gasteiger charge is 2.31. The van der Waals surface area contributed by atoms with Gasteiger partial charge in [-0.2, -0.15) is 0 Å². The predicted octanol–water partition coefficient (Wildman–Crippen LogP) is 5.24. The molecule has 5 heteroatoms. The van der Waals surface area contributed by atoms with Crippen LogP contribution in [0.1, 0.15) is 42.5 Å². The number of aryl methyl sites for hydroxylation is 2. The monoisotopic (exact) mass is 472 g/mol. The molecule has 3 rings (SSSR count). The maximum atomic E-state index is 13.6. The van der Waals surface area contributed by atoms with E-state index in [-0.39, 0.29) is 24.5 Å². The molecule has 0 spiro atoms. The standard InChI is InChI=1S/C30H36N2O3/c1-5-24(4)31-30(34)28(19-25-12-8-6-9-13-25)32(20-26-14-10-7-11-15-26)29(33)21-35-27-17-22(2)16-23(3)18-27/h6-18,24,28H,5,19-21H2,1-4H3,(H,31,34)/t24-,28-/m1/s1. The van der Waals surface area contributed by atoms with Crippen LogP contribution < -0.4 is 10.1 Å². The largest absolute Gasteiger partial charge is 0.484 e. The highest BCUT2D eigenvalue weighted by atomic mass is 16.5. The second-order valence-corrected chi connectivity index (χ2v) is 9.14. The lowest BCUT2D eigenvalue weighted by molar-refractivity contribution is -0.143. The first-order chi connectivity index (χ1) is 16.9. The van der Waals surface area contributed by atoms with E-state index in [1.807, 2.05) is 100 Å². The summed E-state index contributed by atoms with van der Waals surface area (Å²) in [7, 11) is 0. The van der Waals surface area contributed by atoms with Crippen molar-refractivity contribution >= 4 is 11.8 Å². The Morgan fingerprint density at radius 1 is 0.886 bits per heavy atom. The normalized spacial score (nSPS) is 12.5. The van der Waals surface area contributed by atoms with Crippen LogP contribution in [0.3, 0.4) is 0 Å². The second-order valence-electron chi connectivity index (χ2n) is 9.14. The van der Waals surface area contributed by atoms with Gasteiger partial charge in [-0.1, -0.05) is 73.7 Å². The smallest absolute Gasteiger partial charge is 0.261 e. The van der Waals surface area contributed by atoms with Crippen molar-refractivity contribution < 1.29 is 14.3 Å². The van der Waals surface area contributed by atoms with Crippen molar-refractivity contribution in [3.8, 4) is 5.75 Å². The fourth-order valence-corrected chi connectivity index (χ4v) is 4.02. The summed E-state index contributed by atoms with van der Waals surface area (Å²) in [6.45, 7) is 8.18. The van der Waals surface area contributed by atoms with Crippen LogP contribution in [0.2, 0.25) is 0 Å². The summed E-state index contributed by atoms with van der Waals surface area (Å²) in [5.74, 6) is 0.270. The number of benzene rings is 3. The highest BCUT2D eigenvalue weighted by Crippen LogP contribution is 2.18. The van der Waals surface area contributed by atoms with E-state index in [0.717, 1.165) is 28.7 Å². The lowest BCUT2D eigenvalue weighted by Crippen LogP contribution is -2.53. The van der Waals surface area contributed by atoms with Crippen LogP contribution in [0.25, 0.3) is 0 Å². The quantitative estimate of drug-likeness (QED) is 0.415. The first-order valence-electron chi connectivity index (χ1n) is 12.2. The van der Waals surface area contributed by atoms with E-state index in [9.17, 15) is 9.59 Å². The summed E-state index contributed by atoms with van der Waals surface area (Å²) >= 11 is 0. The van der Waals surface area contributed by atoms with E-state index in [1.165, 1.54) is 0 Å². The van der Waals surface area contributed by atoms with Gasteiger partial charge in [0.05, 0.1) is 0 Å². The fourth-order valence-electron chi connectivity index (χ4n) is 4.02. The van der Waals surface area contributed by atoms with Crippen molar-refractivity contribution in [2.75, 3.05) is 6.61 Å². The predicted molar refractivity (Wildman–Crippen MR) is 140 cm³/mol. The first kappa shape index (κ1) is 26.0. The van der Waals surface area contributed by atoms with E-state index in [0.29, 0.717) is 18.7 Å². The van der Waals surface area contributed by atoms with Gasteiger partial charge in [-0.25, -0.2) is 0 Å². The maximum Gasteiger partial charge on any atom is 0.261 e. The number of carbonyl (C=O) groups is 2. The van der Waals surface area contributed by atoms with Gasteiger partial charge < -0.3 is 15.0 Å². The Bertz CT molecular complexity index is 1080. The lowest BCUT2D eigenvalue weighted by Gasteiger charge is -2.32. The minimum absolute atomic E-state index is 0.0148. The van der Waals surface area contributed by atoms with E-state index < -0.39 is 6.04 Å².